The SMILES string of the molecule is CCC[C@H](NC(=O)c1ncccc1C)C(=O)O. The molecule has 0 spiro atoms. The first-order valence-electron chi connectivity index (χ1n) is 5.51. The van der Waals surface area contributed by atoms with Crippen LogP contribution in [0.3, 0.4) is 0 Å². The lowest BCUT2D eigenvalue weighted by atomic mass is 10.1. The Balaban J connectivity index is 2.77. The average molecular weight is 236 g/mol. The number of aliphatic carboxylic acids is 1. The number of hydrogen-bond donors (Lipinski definition) is 2. The third-order valence-corrected chi connectivity index (χ3v) is 2.41. The van der Waals surface area contributed by atoms with Gasteiger partial charge in [-0.2, -0.15) is 0 Å². The number of carbonyl (C=O) groups excluding carboxylic acids is 1. The summed E-state index contributed by atoms with van der Waals surface area (Å²) in [7, 11) is 0. The van der Waals surface area contributed by atoms with Crippen molar-refractivity contribution in [2.24, 2.45) is 0 Å². The van der Waals surface area contributed by atoms with Crippen LogP contribution in [0.1, 0.15) is 35.8 Å². The van der Waals surface area contributed by atoms with Crippen molar-refractivity contribution in [3.8, 4) is 0 Å². The molecule has 1 rings (SSSR count). The molecular formula is C12H16N2O3. The summed E-state index contributed by atoms with van der Waals surface area (Å²) in [5, 5.41) is 11.4. The summed E-state index contributed by atoms with van der Waals surface area (Å²) in [5.74, 6) is -1.46. The fraction of sp³-hybridized carbons (Fsp3) is 0.417. The molecule has 0 aliphatic rings. The number of aryl methyl sites for hydroxylation is 1. The van der Waals surface area contributed by atoms with Crippen LogP contribution in [0.15, 0.2) is 18.3 Å². The number of nitrogens with zero attached hydrogens (tertiary/aromatic N) is 1. The van der Waals surface area contributed by atoms with Crippen LogP contribution in [0, 0.1) is 6.92 Å². The van der Waals surface area contributed by atoms with Crippen LogP contribution in [0.25, 0.3) is 0 Å². The van der Waals surface area contributed by atoms with E-state index in [4.69, 9.17) is 5.11 Å². The first-order valence-corrected chi connectivity index (χ1v) is 5.51. The van der Waals surface area contributed by atoms with E-state index in [9.17, 15) is 9.59 Å². The van der Waals surface area contributed by atoms with Crippen molar-refractivity contribution in [1.29, 1.82) is 0 Å². The van der Waals surface area contributed by atoms with Crippen LogP contribution >= 0.6 is 0 Å². The van der Waals surface area contributed by atoms with Gasteiger partial charge in [0.25, 0.3) is 5.91 Å². The standard InChI is InChI=1S/C12H16N2O3/c1-3-5-9(12(16)17)14-11(15)10-8(2)6-4-7-13-10/h4,6-7,9H,3,5H2,1-2H3,(H,14,15)(H,16,17)/t9-/m0/s1. The van der Waals surface area contributed by atoms with Gasteiger partial charge in [-0.25, -0.2) is 4.79 Å². The third kappa shape index (κ3) is 3.55. The second-order valence-corrected chi connectivity index (χ2v) is 3.82. The largest absolute Gasteiger partial charge is 0.480 e. The van der Waals surface area contributed by atoms with Gasteiger partial charge in [-0.1, -0.05) is 19.4 Å². The van der Waals surface area contributed by atoms with Gasteiger partial charge < -0.3 is 10.4 Å². The van der Waals surface area contributed by atoms with Crippen molar-refractivity contribution in [2.45, 2.75) is 32.7 Å². The summed E-state index contributed by atoms with van der Waals surface area (Å²) < 4.78 is 0. The number of rotatable bonds is 5. The van der Waals surface area contributed by atoms with Crippen LogP contribution < -0.4 is 5.32 Å². The van der Waals surface area contributed by atoms with Gasteiger partial charge in [0.2, 0.25) is 0 Å². The van der Waals surface area contributed by atoms with Gasteiger partial charge in [0.1, 0.15) is 11.7 Å². The summed E-state index contributed by atoms with van der Waals surface area (Å²) in [6.07, 6.45) is 2.61. The molecule has 0 saturated heterocycles. The average Bonchev–Trinajstić information content (AvgIpc) is 2.28. The van der Waals surface area contributed by atoms with E-state index in [0.29, 0.717) is 12.8 Å². The highest BCUT2D eigenvalue weighted by Gasteiger charge is 2.20. The van der Waals surface area contributed by atoms with E-state index >= 15 is 0 Å². The summed E-state index contributed by atoms with van der Waals surface area (Å²) in [6.45, 7) is 3.63. The number of carboxylic acid groups (broad SMARTS) is 1. The third-order valence-electron chi connectivity index (χ3n) is 2.41. The minimum Gasteiger partial charge on any atom is -0.480 e. The first-order chi connectivity index (χ1) is 8.06. The molecule has 1 atom stereocenters. The number of carboxylic acids is 1. The lowest BCUT2D eigenvalue weighted by Crippen LogP contribution is -2.41. The molecule has 0 unspecified atom stereocenters. The van der Waals surface area contributed by atoms with Gasteiger partial charge in [0.05, 0.1) is 0 Å². The van der Waals surface area contributed by atoms with Crippen LogP contribution in [0.5, 0.6) is 0 Å². The molecule has 5 nitrogen and oxygen atoms in total. The van der Waals surface area contributed by atoms with Crippen molar-refractivity contribution >= 4 is 11.9 Å². The Hall–Kier alpha value is -1.91. The van der Waals surface area contributed by atoms with E-state index in [1.807, 2.05) is 6.92 Å². The van der Waals surface area contributed by atoms with Crippen molar-refractivity contribution in [2.75, 3.05) is 0 Å². The quantitative estimate of drug-likeness (QED) is 0.809. The van der Waals surface area contributed by atoms with Gasteiger partial charge in [-0.15, -0.1) is 0 Å². The fourth-order valence-corrected chi connectivity index (χ4v) is 1.50. The topological polar surface area (TPSA) is 79.3 Å². The Kier molecular flexibility index (Phi) is 4.63. The van der Waals surface area contributed by atoms with Crippen LogP contribution in [0.4, 0.5) is 0 Å². The second kappa shape index (κ2) is 5.98. The zero-order valence-corrected chi connectivity index (χ0v) is 9.93. The first kappa shape index (κ1) is 13.2. The van der Waals surface area contributed by atoms with Crippen LogP contribution in [-0.4, -0.2) is 28.0 Å². The van der Waals surface area contributed by atoms with Gasteiger partial charge in [0.15, 0.2) is 0 Å². The van der Waals surface area contributed by atoms with Crippen molar-refractivity contribution in [3.05, 3.63) is 29.6 Å². The Morgan fingerprint density at radius 3 is 2.76 bits per heavy atom. The van der Waals surface area contributed by atoms with E-state index in [1.165, 1.54) is 6.20 Å². The van der Waals surface area contributed by atoms with E-state index in [2.05, 4.69) is 10.3 Å². The molecule has 1 aromatic heterocycles. The molecular weight excluding hydrogens is 220 g/mol. The Morgan fingerprint density at radius 2 is 2.24 bits per heavy atom. The number of hydrogen-bond acceptors (Lipinski definition) is 3. The van der Waals surface area contributed by atoms with Gasteiger partial charge in [-0.3, -0.25) is 9.78 Å². The minimum absolute atomic E-state index is 0.273. The predicted molar refractivity (Wildman–Crippen MR) is 62.8 cm³/mol. The van der Waals surface area contributed by atoms with E-state index in [0.717, 1.165) is 5.56 Å². The molecule has 0 saturated carbocycles. The number of aromatic nitrogens is 1. The van der Waals surface area contributed by atoms with Crippen molar-refractivity contribution in [3.63, 3.8) is 0 Å². The molecule has 1 aromatic rings. The summed E-state index contributed by atoms with van der Waals surface area (Å²) in [4.78, 5) is 26.7. The Morgan fingerprint density at radius 1 is 1.53 bits per heavy atom. The number of carbonyl (C=O) groups is 2. The minimum atomic E-state index is -1.02. The Bertz CT molecular complexity index is 418. The molecule has 17 heavy (non-hydrogen) atoms. The lowest BCUT2D eigenvalue weighted by molar-refractivity contribution is -0.139. The highest BCUT2D eigenvalue weighted by atomic mass is 16.4. The molecule has 1 amide bonds. The van der Waals surface area contributed by atoms with E-state index in [1.54, 1.807) is 19.1 Å². The smallest absolute Gasteiger partial charge is 0.326 e. The summed E-state index contributed by atoms with van der Waals surface area (Å²) >= 11 is 0. The molecule has 0 aromatic carbocycles. The Labute approximate surface area is 99.9 Å². The molecule has 1 heterocycles. The van der Waals surface area contributed by atoms with Gasteiger partial charge >= 0.3 is 5.97 Å². The van der Waals surface area contributed by atoms with Gasteiger partial charge in [-0.05, 0) is 25.0 Å². The summed E-state index contributed by atoms with van der Waals surface area (Å²) in [6, 6.07) is 2.64. The maximum Gasteiger partial charge on any atom is 0.326 e. The van der Waals surface area contributed by atoms with E-state index in [-0.39, 0.29) is 5.69 Å². The summed E-state index contributed by atoms with van der Waals surface area (Å²) in [5.41, 5.74) is 1.00. The van der Waals surface area contributed by atoms with Crippen molar-refractivity contribution < 1.29 is 14.7 Å². The number of amides is 1. The van der Waals surface area contributed by atoms with Crippen molar-refractivity contribution in [1.82, 2.24) is 10.3 Å². The fourth-order valence-electron chi connectivity index (χ4n) is 1.50. The maximum atomic E-state index is 11.8. The molecule has 0 radical (unpaired) electrons. The van der Waals surface area contributed by atoms with E-state index < -0.39 is 17.9 Å². The van der Waals surface area contributed by atoms with Crippen LogP contribution in [-0.2, 0) is 4.79 Å². The zero-order valence-electron chi connectivity index (χ0n) is 9.93. The molecule has 92 valence electrons. The number of pyridine rings is 1. The zero-order chi connectivity index (χ0) is 12.8. The molecule has 0 aliphatic heterocycles. The second-order valence-electron chi connectivity index (χ2n) is 3.82. The predicted octanol–water partition coefficient (Wildman–Crippen LogP) is 1.37. The monoisotopic (exact) mass is 236 g/mol. The van der Waals surface area contributed by atoms with Crippen LogP contribution in [0.2, 0.25) is 0 Å². The number of nitrogens with one attached hydrogen (secondary N) is 1. The maximum absolute atomic E-state index is 11.8. The molecule has 0 aliphatic carbocycles. The highest BCUT2D eigenvalue weighted by molar-refractivity contribution is 5.96. The van der Waals surface area contributed by atoms with Gasteiger partial charge in [0, 0.05) is 6.20 Å². The lowest BCUT2D eigenvalue weighted by Gasteiger charge is -2.13. The normalized spacial score (nSPS) is 11.9. The molecule has 0 bridgehead atoms. The highest BCUT2D eigenvalue weighted by Crippen LogP contribution is 2.05. The molecule has 0 fully saturated rings. The molecule has 5 heteroatoms. The molecule has 2 N–H and O–H groups in total.